The molecule has 1 saturated carbocycles. The number of terminal acetylenes is 1. The molecule has 1 heterocycles. The van der Waals surface area contributed by atoms with Gasteiger partial charge in [0.25, 0.3) is 5.91 Å². The van der Waals surface area contributed by atoms with Crippen LogP contribution in [0.4, 0.5) is 0 Å². The molecule has 124 valence electrons. The molecule has 0 saturated heterocycles. The van der Waals surface area contributed by atoms with Gasteiger partial charge in [0.05, 0.1) is 5.52 Å². The van der Waals surface area contributed by atoms with Gasteiger partial charge in [0.2, 0.25) is 0 Å². The molecular formula is C20H22N2O2. The van der Waals surface area contributed by atoms with Gasteiger partial charge in [0.15, 0.2) is 6.10 Å². The van der Waals surface area contributed by atoms with Crippen molar-refractivity contribution >= 4 is 16.8 Å². The Balaban J connectivity index is 1.79. The highest BCUT2D eigenvalue weighted by Gasteiger charge is 2.24. The minimum atomic E-state index is -0.482. The second-order valence-electron chi connectivity index (χ2n) is 6.38. The Morgan fingerprint density at radius 2 is 2.25 bits per heavy atom. The Bertz CT molecular complexity index is 803. The lowest BCUT2D eigenvalue weighted by Crippen LogP contribution is -2.38. The second-order valence-corrected chi connectivity index (χ2v) is 6.38. The minimum Gasteiger partial charge on any atom is -0.481 e. The zero-order chi connectivity index (χ0) is 17.1. The smallest absolute Gasteiger partial charge is 0.261 e. The third-order valence-corrected chi connectivity index (χ3v) is 4.32. The molecule has 1 N–H and O–H groups in total. The molecule has 0 aliphatic heterocycles. The summed E-state index contributed by atoms with van der Waals surface area (Å²) in [5, 5.41) is 3.91. The van der Waals surface area contributed by atoms with Crippen molar-refractivity contribution in [3.05, 3.63) is 35.5 Å². The van der Waals surface area contributed by atoms with Crippen molar-refractivity contribution in [3.8, 4) is 18.1 Å². The average Bonchev–Trinajstić information content (AvgIpc) is 3.41. The standard InChI is InChI=1S/C20H22N2O2/c1-4-14-9-16-10-17(8-13(3)19(16)21-11-14)24-18(5-2)20(23)22-12-15-6-7-15/h1,8-11,15,18H,5-7,12H2,2-3H3,(H,22,23). The van der Waals surface area contributed by atoms with Crippen LogP contribution in [0.1, 0.15) is 37.3 Å². The normalized spacial score (nSPS) is 14.9. The third kappa shape index (κ3) is 3.68. The summed E-state index contributed by atoms with van der Waals surface area (Å²) in [5.41, 5.74) is 2.63. The number of aryl methyl sites for hydroxylation is 1. The first-order valence-electron chi connectivity index (χ1n) is 8.42. The molecular weight excluding hydrogens is 300 g/mol. The summed E-state index contributed by atoms with van der Waals surface area (Å²) in [6.07, 6.45) is 9.71. The van der Waals surface area contributed by atoms with Gasteiger partial charge in [-0.15, -0.1) is 6.42 Å². The van der Waals surface area contributed by atoms with E-state index in [0.717, 1.165) is 28.6 Å². The topological polar surface area (TPSA) is 51.2 Å². The van der Waals surface area contributed by atoms with Crippen LogP contribution in [0.15, 0.2) is 24.4 Å². The average molecular weight is 322 g/mol. The molecule has 4 heteroatoms. The number of carbonyl (C=O) groups is 1. The van der Waals surface area contributed by atoms with E-state index in [4.69, 9.17) is 11.2 Å². The number of pyridine rings is 1. The Kier molecular flexibility index (Phi) is 4.71. The molecule has 1 amide bonds. The number of hydrogen-bond donors (Lipinski definition) is 1. The highest BCUT2D eigenvalue weighted by atomic mass is 16.5. The maximum absolute atomic E-state index is 12.3. The molecule has 1 fully saturated rings. The number of ether oxygens (including phenoxy) is 1. The van der Waals surface area contributed by atoms with E-state index in [1.54, 1.807) is 6.20 Å². The number of aromatic nitrogens is 1. The summed E-state index contributed by atoms with van der Waals surface area (Å²) in [5.74, 6) is 3.88. The van der Waals surface area contributed by atoms with E-state index in [1.165, 1.54) is 12.8 Å². The molecule has 3 rings (SSSR count). The van der Waals surface area contributed by atoms with Crippen LogP contribution < -0.4 is 10.1 Å². The first-order chi connectivity index (χ1) is 11.6. The highest BCUT2D eigenvalue weighted by Crippen LogP contribution is 2.28. The van der Waals surface area contributed by atoms with Gasteiger partial charge in [0, 0.05) is 23.7 Å². The van der Waals surface area contributed by atoms with Crippen molar-refractivity contribution in [1.82, 2.24) is 10.3 Å². The summed E-state index contributed by atoms with van der Waals surface area (Å²) < 4.78 is 5.95. The first-order valence-corrected chi connectivity index (χ1v) is 8.42. The van der Waals surface area contributed by atoms with Crippen molar-refractivity contribution < 1.29 is 9.53 Å². The van der Waals surface area contributed by atoms with Crippen LogP contribution in [-0.4, -0.2) is 23.5 Å². The fraction of sp³-hybridized carbons (Fsp3) is 0.400. The molecule has 1 aliphatic carbocycles. The van der Waals surface area contributed by atoms with Crippen LogP contribution >= 0.6 is 0 Å². The van der Waals surface area contributed by atoms with Crippen molar-refractivity contribution in [2.24, 2.45) is 5.92 Å². The van der Waals surface area contributed by atoms with Gasteiger partial charge >= 0.3 is 0 Å². The monoisotopic (exact) mass is 322 g/mol. The fourth-order valence-corrected chi connectivity index (χ4v) is 2.71. The van der Waals surface area contributed by atoms with E-state index in [0.29, 0.717) is 18.1 Å². The Labute approximate surface area is 142 Å². The summed E-state index contributed by atoms with van der Waals surface area (Å²) >= 11 is 0. The van der Waals surface area contributed by atoms with Crippen molar-refractivity contribution in [2.75, 3.05) is 6.54 Å². The van der Waals surface area contributed by atoms with Gasteiger partial charge in [-0.25, -0.2) is 0 Å². The lowest BCUT2D eigenvalue weighted by atomic mass is 10.1. The van der Waals surface area contributed by atoms with Gasteiger partial charge < -0.3 is 10.1 Å². The predicted octanol–water partition coefficient (Wildman–Crippen LogP) is 3.21. The van der Waals surface area contributed by atoms with Crippen LogP contribution in [0, 0.1) is 25.2 Å². The number of amides is 1. The summed E-state index contributed by atoms with van der Waals surface area (Å²) in [7, 11) is 0. The van der Waals surface area contributed by atoms with Gasteiger partial charge in [0.1, 0.15) is 5.75 Å². The summed E-state index contributed by atoms with van der Waals surface area (Å²) in [6, 6.07) is 5.73. The predicted molar refractivity (Wildman–Crippen MR) is 94.9 cm³/mol. The van der Waals surface area contributed by atoms with Gasteiger partial charge in [-0.05, 0) is 55.9 Å². The van der Waals surface area contributed by atoms with Crippen molar-refractivity contribution in [3.63, 3.8) is 0 Å². The molecule has 1 aliphatic rings. The second kappa shape index (κ2) is 6.92. The van der Waals surface area contributed by atoms with E-state index < -0.39 is 6.10 Å². The SMILES string of the molecule is C#Cc1cnc2c(C)cc(OC(CC)C(=O)NCC3CC3)cc2c1. The minimum absolute atomic E-state index is 0.0438. The van der Waals surface area contributed by atoms with Crippen LogP contribution in [0.2, 0.25) is 0 Å². The molecule has 1 aromatic heterocycles. The summed E-state index contributed by atoms with van der Waals surface area (Å²) in [6.45, 7) is 4.68. The maximum Gasteiger partial charge on any atom is 0.261 e. The van der Waals surface area contributed by atoms with Crippen LogP contribution in [0.25, 0.3) is 10.9 Å². The van der Waals surface area contributed by atoms with Crippen molar-refractivity contribution in [2.45, 2.75) is 39.2 Å². The number of nitrogens with one attached hydrogen (secondary N) is 1. The molecule has 0 radical (unpaired) electrons. The van der Waals surface area contributed by atoms with Crippen LogP contribution in [0.5, 0.6) is 5.75 Å². The van der Waals surface area contributed by atoms with E-state index in [1.807, 2.05) is 32.0 Å². The maximum atomic E-state index is 12.3. The van der Waals surface area contributed by atoms with E-state index >= 15 is 0 Å². The van der Waals surface area contributed by atoms with E-state index in [-0.39, 0.29) is 5.91 Å². The highest BCUT2D eigenvalue weighted by molar-refractivity contribution is 5.85. The Morgan fingerprint density at radius 1 is 1.46 bits per heavy atom. The van der Waals surface area contributed by atoms with Crippen LogP contribution in [0.3, 0.4) is 0 Å². The van der Waals surface area contributed by atoms with E-state index in [9.17, 15) is 4.79 Å². The fourth-order valence-electron chi connectivity index (χ4n) is 2.71. The molecule has 1 atom stereocenters. The molecule has 1 unspecified atom stereocenters. The Morgan fingerprint density at radius 3 is 2.92 bits per heavy atom. The number of rotatable bonds is 6. The van der Waals surface area contributed by atoms with E-state index in [2.05, 4.69) is 16.2 Å². The lowest BCUT2D eigenvalue weighted by Gasteiger charge is -2.18. The zero-order valence-electron chi connectivity index (χ0n) is 14.1. The number of fused-ring (bicyclic) bond motifs is 1. The molecule has 2 aromatic rings. The van der Waals surface area contributed by atoms with Gasteiger partial charge in [-0.1, -0.05) is 12.8 Å². The molecule has 0 bridgehead atoms. The number of carbonyl (C=O) groups excluding carboxylic acids is 1. The summed E-state index contributed by atoms with van der Waals surface area (Å²) in [4.78, 5) is 16.7. The Hall–Kier alpha value is -2.54. The molecule has 4 nitrogen and oxygen atoms in total. The third-order valence-electron chi connectivity index (χ3n) is 4.32. The van der Waals surface area contributed by atoms with Gasteiger partial charge in [-0.2, -0.15) is 0 Å². The lowest BCUT2D eigenvalue weighted by molar-refractivity contribution is -0.128. The first kappa shape index (κ1) is 16.3. The van der Waals surface area contributed by atoms with Crippen LogP contribution in [-0.2, 0) is 4.79 Å². The number of hydrogen-bond acceptors (Lipinski definition) is 3. The van der Waals surface area contributed by atoms with Gasteiger partial charge in [-0.3, -0.25) is 9.78 Å². The molecule has 24 heavy (non-hydrogen) atoms. The molecule has 0 spiro atoms. The number of benzene rings is 1. The van der Waals surface area contributed by atoms with Crippen molar-refractivity contribution in [1.29, 1.82) is 0 Å². The molecule has 1 aromatic carbocycles. The largest absolute Gasteiger partial charge is 0.481 e. The quantitative estimate of drug-likeness (QED) is 0.831. The number of nitrogens with zero attached hydrogens (tertiary/aromatic N) is 1. The zero-order valence-corrected chi connectivity index (χ0v) is 14.1.